The molecule has 0 bridgehead atoms. The maximum atomic E-state index is 11.6. The number of rotatable bonds is 4. The van der Waals surface area contributed by atoms with Crippen LogP contribution in [0.1, 0.15) is 17.4 Å². The fourth-order valence-electron chi connectivity index (χ4n) is 3.04. The van der Waals surface area contributed by atoms with Crippen molar-refractivity contribution in [1.82, 2.24) is 4.90 Å². The van der Waals surface area contributed by atoms with Gasteiger partial charge in [-0.15, -0.1) is 0 Å². The van der Waals surface area contributed by atoms with Crippen LogP contribution in [0.25, 0.3) is 0 Å². The van der Waals surface area contributed by atoms with E-state index < -0.39 is 12.0 Å². The molecule has 22 heavy (non-hydrogen) atoms. The quantitative estimate of drug-likeness (QED) is 0.940. The van der Waals surface area contributed by atoms with E-state index in [2.05, 4.69) is 24.0 Å². The van der Waals surface area contributed by atoms with Crippen molar-refractivity contribution >= 4 is 11.7 Å². The lowest BCUT2D eigenvalue weighted by Gasteiger charge is -2.38. The highest BCUT2D eigenvalue weighted by molar-refractivity contribution is 5.74. The van der Waals surface area contributed by atoms with Gasteiger partial charge in [-0.2, -0.15) is 0 Å². The number of hydrogen-bond acceptors (Lipinski definition) is 4. The minimum Gasteiger partial charge on any atom is -0.480 e. The number of carboxylic acid groups (broad SMARTS) is 1. The van der Waals surface area contributed by atoms with Gasteiger partial charge in [-0.1, -0.05) is 18.2 Å². The molecule has 1 N–H and O–H groups in total. The molecule has 0 spiro atoms. The fourth-order valence-corrected chi connectivity index (χ4v) is 3.04. The number of para-hydroxylation sites is 1. The molecule has 5 heteroatoms. The highest BCUT2D eigenvalue weighted by Gasteiger charge is 2.32. The van der Waals surface area contributed by atoms with Crippen LogP contribution in [0.2, 0.25) is 0 Å². The topological polar surface area (TPSA) is 56.9 Å². The standard InChI is InChI=1S/C17H20N2O3/c1-13-5-2-3-6-14(13)18-8-10-19(11-9-18)16(17(20)21)15-7-4-12-22-15/h2-7,12,16H,8-11H2,1H3,(H,20,21)/t16-/m0/s1. The van der Waals surface area contributed by atoms with E-state index in [9.17, 15) is 9.90 Å². The zero-order valence-corrected chi connectivity index (χ0v) is 12.6. The van der Waals surface area contributed by atoms with Crippen molar-refractivity contribution < 1.29 is 14.3 Å². The number of carbonyl (C=O) groups is 1. The molecule has 0 aliphatic carbocycles. The van der Waals surface area contributed by atoms with Gasteiger partial charge >= 0.3 is 5.97 Å². The van der Waals surface area contributed by atoms with Gasteiger partial charge < -0.3 is 14.4 Å². The van der Waals surface area contributed by atoms with Crippen LogP contribution in [-0.2, 0) is 4.79 Å². The van der Waals surface area contributed by atoms with Crippen molar-refractivity contribution in [3.63, 3.8) is 0 Å². The number of anilines is 1. The van der Waals surface area contributed by atoms with E-state index in [1.54, 1.807) is 12.1 Å². The molecule has 2 heterocycles. The number of hydrogen-bond donors (Lipinski definition) is 1. The van der Waals surface area contributed by atoms with Crippen molar-refractivity contribution in [2.45, 2.75) is 13.0 Å². The zero-order valence-electron chi connectivity index (χ0n) is 12.6. The Hall–Kier alpha value is -2.27. The second-order valence-electron chi connectivity index (χ2n) is 5.57. The van der Waals surface area contributed by atoms with Crippen LogP contribution >= 0.6 is 0 Å². The van der Waals surface area contributed by atoms with Crippen LogP contribution in [0, 0.1) is 6.92 Å². The Morgan fingerprint density at radius 1 is 1.14 bits per heavy atom. The van der Waals surface area contributed by atoms with Crippen LogP contribution in [0.5, 0.6) is 0 Å². The van der Waals surface area contributed by atoms with Crippen LogP contribution in [-0.4, -0.2) is 42.2 Å². The van der Waals surface area contributed by atoms with E-state index in [0.29, 0.717) is 18.8 Å². The first-order valence-corrected chi connectivity index (χ1v) is 7.47. The summed E-state index contributed by atoms with van der Waals surface area (Å²) in [6, 6.07) is 11.1. The summed E-state index contributed by atoms with van der Waals surface area (Å²) in [5.74, 6) is -0.365. The Kier molecular flexibility index (Phi) is 4.15. The summed E-state index contributed by atoms with van der Waals surface area (Å²) in [5.41, 5.74) is 2.48. The smallest absolute Gasteiger partial charge is 0.328 e. The number of piperazine rings is 1. The number of carboxylic acids is 1. The summed E-state index contributed by atoms with van der Waals surface area (Å²) < 4.78 is 5.30. The van der Waals surface area contributed by atoms with Crippen LogP contribution in [0.4, 0.5) is 5.69 Å². The van der Waals surface area contributed by atoms with E-state index in [4.69, 9.17) is 4.42 Å². The fraction of sp³-hybridized carbons (Fsp3) is 0.353. The van der Waals surface area contributed by atoms with Gasteiger partial charge in [-0.05, 0) is 30.7 Å². The predicted molar refractivity (Wildman–Crippen MR) is 84.0 cm³/mol. The van der Waals surface area contributed by atoms with Crippen LogP contribution in [0.3, 0.4) is 0 Å². The summed E-state index contributed by atoms with van der Waals surface area (Å²) >= 11 is 0. The molecule has 1 saturated heterocycles. The average Bonchev–Trinajstić information content (AvgIpc) is 3.02. The summed E-state index contributed by atoms with van der Waals surface area (Å²) in [6.45, 7) is 5.13. The van der Waals surface area contributed by atoms with Gasteiger partial charge in [0.15, 0.2) is 6.04 Å². The van der Waals surface area contributed by atoms with Crippen molar-refractivity contribution in [1.29, 1.82) is 0 Å². The Balaban J connectivity index is 1.71. The molecule has 116 valence electrons. The number of benzene rings is 1. The highest BCUT2D eigenvalue weighted by Crippen LogP contribution is 2.26. The first-order valence-electron chi connectivity index (χ1n) is 7.47. The van der Waals surface area contributed by atoms with Gasteiger partial charge in [0.1, 0.15) is 5.76 Å². The molecule has 1 aromatic heterocycles. The second-order valence-corrected chi connectivity index (χ2v) is 5.57. The molecular weight excluding hydrogens is 280 g/mol. The average molecular weight is 300 g/mol. The molecule has 1 aromatic carbocycles. The third-order valence-electron chi connectivity index (χ3n) is 4.18. The largest absolute Gasteiger partial charge is 0.480 e. The van der Waals surface area contributed by atoms with Crippen molar-refractivity contribution in [3.05, 3.63) is 54.0 Å². The van der Waals surface area contributed by atoms with Gasteiger partial charge in [0.2, 0.25) is 0 Å². The molecule has 0 amide bonds. The normalized spacial score (nSPS) is 17.4. The van der Waals surface area contributed by atoms with Gasteiger partial charge in [-0.25, -0.2) is 0 Å². The Morgan fingerprint density at radius 3 is 2.45 bits per heavy atom. The molecule has 1 atom stereocenters. The molecular formula is C17H20N2O3. The molecule has 3 rings (SSSR count). The Morgan fingerprint density at radius 2 is 1.86 bits per heavy atom. The van der Waals surface area contributed by atoms with Crippen molar-refractivity contribution in [2.24, 2.45) is 0 Å². The first kappa shape index (κ1) is 14.7. The van der Waals surface area contributed by atoms with E-state index >= 15 is 0 Å². The lowest BCUT2D eigenvalue weighted by Crippen LogP contribution is -2.49. The second kappa shape index (κ2) is 6.23. The van der Waals surface area contributed by atoms with Crippen LogP contribution in [0.15, 0.2) is 47.1 Å². The summed E-state index contributed by atoms with van der Waals surface area (Å²) in [6.07, 6.45) is 1.52. The van der Waals surface area contributed by atoms with Crippen molar-refractivity contribution in [2.75, 3.05) is 31.1 Å². The molecule has 1 aliphatic heterocycles. The van der Waals surface area contributed by atoms with E-state index in [-0.39, 0.29) is 0 Å². The number of nitrogens with zero attached hydrogens (tertiary/aromatic N) is 2. The summed E-state index contributed by atoms with van der Waals surface area (Å²) in [5, 5.41) is 9.51. The van der Waals surface area contributed by atoms with Crippen LogP contribution < -0.4 is 4.90 Å². The molecule has 2 aromatic rings. The summed E-state index contributed by atoms with van der Waals surface area (Å²) in [7, 11) is 0. The van der Waals surface area contributed by atoms with Gasteiger partial charge in [0, 0.05) is 31.9 Å². The monoisotopic (exact) mass is 300 g/mol. The maximum absolute atomic E-state index is 11.6. The minimum absolute atomic E-state index is 0.497. The Labute approximate surface area is 129 Å². The Bertz CT molecular complexity index is 631. The van der Waals surface area contributed by atoms with E-state index in [1.807, 2.05) is 17.0 Å². The van der Waals surface area contributed by atoms with Gasteiger partial charge in [0.05, 0.1) is 6.26 Å². The highest BCUT2D eigenvalue weighted by atomic mass is 16.4. The molecule has 0 unspecified atom stereocenters. The molecule has 5 nitrogen and oxygen atoms in total. The number of aryl methyl sites for hydroxylation is 1. The van der Waals surface area contributed by atoms with E-state index in [0.717, 1.165) is 13.1 Å². The lowest BCUT2D eigenvalue weighted by atomic mass is 10.1. The molecule has 0 radical (unpaired) electrons. The molecule has 1 aliphatic rings. The van der Waals surface area contributed by atoms with Crippen molar-refractivity contribution in [3.8, 4) is 0 Å². The SMILES string of the molecule is Cc1ccccc1N1CCN([C@H](C(=O)O)c2ccco2)CC1. The lowest BCUT2D eigenvalue weighted by molar-refractivity contribution is -0.144. The zero-order chi connectivity index (χ0) is 15.5. The third kappa shape index (κ3) is 2.85. The van der Waals surface area contributed by atoms with E-state index in [1.165, 1.54) is 17.5 Å². The predicted octanol–water partition coefficient (Wildman–Crippen LogP) is 2.54. The number of aliphatic carboxylic acids is 1. The van der Waals surface area contributed by atoms with Gasteiger partial charge in [0.25, 0.3) is 0 Å². The summed E-state index contributed by atoms with van der Waals surface area (Å²) in [4.78, 5) is 15.9. The molecule has 1 fully saturated rings. The molecule has 0 saturated carbocycles. The third-order valence-corrected chi connectivity index (χ3v) is 4.18. The minimum atomic E-state index is -0.862. The first-order chi connectivity index (χ1) is 10.7. The number of furan rings is 1. The van der Waals surface area contributed by atoms with Gasteiger partial charge in [-0.3, -0.25) is 9.69 Å². The maximum Gasteiger partial charge on any atom is 0.328 e.